The summed E-state index contributed by atoms with van der Waals surface area (Å²) in [6.07, 6.45) is 22.3. The third-order valence-electron chi connectivity index (χ3n) is 17.3. The van der Waals surface area contributed by atoms with Crippen molar-refractivity contribution in [3.05, 3.63) is 58.7 Å². The average molecular weight is 783 g/mol. The van der Waals surface area contributed by atoms with Gasteiger partial charge in [0.25, 0.3) is 0 Å². The van der Waals surface area contributed by atoms with Crippen LogP contribution in [0.2, 0.25) is 0 Å². The van der Waals surface area contributed by atoms with Gasteiger partial charge >= 0.3 is 12.2 Å². The summed E-state index contributed by atoms with van der Waals surface area (Å²) in [5.41, 5.74) is 4.31. The van der Waals surface area contributed by atoms with Gasteiger partial charge in [-0.25, -0.2) is 9.59 Å². The van der Waals surface area contributed by atoms with Crippen LogP contribution < -0.4 is 0 Å². The van der Waals surface area contributed by atoms with E-state index in [0.29, 0.717) is 43.7 Å². The maximum absolute atomic E-state index is 12.3. The van der Waals surface area contributed by atoms with Crippen molar-refractivity contribution in [3.63, 3.8) is 0 Å². The molecule has 0 aromatic rings. The monoisotopic (exact) mass is 782 g/mol. The number of ether oxygens (including phenoxy) is 2. The van der Waals surface area contributed by atoms with Crippen LogP contribution in [0, 0.1) is 45.3 Å². The number of rotatable bonds is 1. The fourth-order valence-corrected chi connectivity index (χ4v) is 15.1. The summed E-state index contributed by atoms with van der Waals surface area (Å²) >= 11 is 1.45. The molecule has 8 aliphatic carbocycles. The molecule has 3 saturated carbocycles. The molecular weight excluding hydrogens is 725 g/mol. The zero-order chi connectivity index (χ0) is 39.8. The van der Waals surface area contributed by atoms with Crippen molar-refractivity contribution in [1.82, 2.24) is 9.80 Å². The number of fused-ring (bicyclic) bond motifs is 12. The molecule has 0 bridgehead atoms. The molecule has 2 saturated heterocycles. The van der Waals surface area contributed by atoms with E-state index in [9.17, 15) is 24.0 Å². The van der Waals surface area contributed by atoms with Crippen LogP contribution in [-0.2, 0) is 23.9 Å². The third kappa shape index (κ3) is 5.14. The van der Waals surface area contributed by atoms with Gasteiger partial charge in [-0.15, -0.1) is 0 Å². The van der Waals surface area contributed by atoms with E-state index < -0.39 is 5.60 Å². The Balaban J connectivity index is 0.000000148. The summed E-state index contributed by atoms with van der Waals surface area (Å²) in [4.78, 5) is 64.2. The maximum atomic E-state index is 12.3. The van der Waals surface area contributed by atoms with Gasteiger partial charge in [0, 0.05) is 66.7 Å². The lowest BCUT2D eigenvalue weighted by molar-refractivity contribution is -0.116. The van der Waals surface area contributed by atoms with E-state index in [1.54, 1.807) is 16.7 Å². The van der Waals surface area contributed by atoms with Crippen molar-refractivity contribution in [2.75, 3.05) is 27.2 Å². The number of hydrogen-bond donors (Lipinski definition) is 0. The van der Waals surface area contributed by atoms with Crippen LogP contribution in [-0.4, -0.2) is 82.3 Å². The first kappa shape index (κ1) is 38.1. The topological polar surface area (TPSA) is 110 Å². The lowest BCUT2D eigenvalue weighted by Gasteiger charge is -2.56. The van der Waals surface area contributed by atoms with Crippen molar-refractivity contribution in [2.45, 2.75) is 122 Å². The fourth-order valence-electron chi connectivity index (χ4n) is 13.9. The molecule has 9 nitrogen and oxygen atoms in total. The molecule has 0 aromatic carbocycles. The van der Waals surface area contributed by atoms with Gasteiger partial charge in [-0.1, -0.05) is 80.5 Å². The second-order valence-electron chi connectivity index (χ2n) is 19.9. The largest absolute Gasteiger partial charge is 0.440 e. The molecule has 10 heteroatoms. The predicted octanol–water partition coefficient (Wildman–Crippen LogP) is 8.55. The standard InChI is InChI=1S/C24H31NO4S.C22H27NO3/c1-14(26)30-19-12-15-11-16(27)5-8-22(15,2)17-6-9-23(3)18(20(17)19)7-10-24(23)13-25(4)21(28)29-24;1-20-9-6-15(24)12-14(20)4-5-16-17(20)7-10-21(2)18(16)8-11-22(21)13-23(3)19(25)26-22/h6,11,18-20H,5,7-10,12-13H2,1-4H3;4-5,7,12,16,18H,6,8-11,13H2,1-3H3/t18?,19-,20?,22+,23+,24-;16?,18?,20-,21-,22+/m10/s1. The SMILES string of the molecule is CC(=O)S[C@@H]1CC2=CC(=O)CC[C@]2(C)C2=CC[C@@]3(C)C(CC[C@@]34CN(C)C(=O)O4)C21.CN1C[C@@]2(CCC3C4C=CC5=CC(=O)CC[C@]5(C)C4=CC[C@@]32C)OC1=O. The molecule has 2 heterocycles. The number of amides is 2. The summed E-state index contributed by atoms with van der Waals surface area (Å²) in [5.74, 6) is 2.03. The minimum absolute atomic E-state index is 0.00639. The second kappa shape index (κ2) is 12.6. The van der Waals surface area contributed by atoms with Gasteiger partial charge in [0.05, 0.1) is 13.1 Å². The molecule has 300 valence electrons. The first-order valence-corrected chi connectivity index (χ1v) is 21.9. The number of allylic oxidation sites excluding steroid dienone is 10. The first-order chi connectivity index (χ1) is 26.4. The highest BCUT2D eigenvalue weighted by Gasteiger charge is 2.69. The lowest BCUT2D eigenvalue weighted by Crippen LogP contribution is -2.54. The Bertz CT molecular complexity index is 2000. The molecule has 5 fully saturated rings. The van der Waals surface area contributed by atoms with Gasteiger partial charge in [-0.3, -0.25) is 14.4 Å². The van der Waals surface area contributed by atoms with Crippen LogP contribution in [0.3, 0.4) is 0 Å². The minimum Gasteiger partial charge on any atom is -0.440 e. The number of ketones is 2. The molecular formula is C46H58N2O7S. The van der Waals surface area contributed by atoms with E-state index in [1.165, 1.54) is 34.1 Å². The van der Waals surface area contributed by atoms with E-state index in [1.807, 2.05) is 26.2 Å². The molecule has 11 atom stereocenters. The minimum atomic E-state index is -0.434. The Hall–Kier alpha value is -3.40. The summed E-state index contributed by atoms with van der Waals surface area (Å²) in [6, 6.07) is 0. The number of carbonyl (C=O) groups excluding carboxylic acids is 5. The van der Waals surface area contributed by atoms with E-state index in [-0.39, 0.29) is 67.3 Å². The van der Waals surface area contributed by atoms with Crippen LogP contribution in [0.1, 0.15) is 105 Å². The number of nitrogens with zero attached hydrogens (tertiary/aromatic N) is 2. The number of likely N-dealkylation sites (N-methyl/N-ethyl adjacent to an activating group) is 2. The van der Waals surface area contributed by atoms with Crippen LogP contribution in [0.4, 0.5) is 9.59 Å². The zero-order valence-electron chi connectivity index (χ0n) is 34.2. The molecule has 2 aliphatic heterocycles. The van der Waals surface area contributed by atoms with Crippen LogP contribution in [0.25, 0.3) is 0 Å². The highest BCUT2D eigenvalue weighted by atomic mass is 32.2. The lowest BCUT2D eigenvalue weighted by atomic mass is 9.50. The molecule has 0 aromatic heterocycles. The molecule has 0 radical (unpaired) electrons. The summed E-state index contributed by atoms with van der Waals surface area (Å²) in [5, 5.41) is 0.284. The van der Waals surface area contributed by atoms with E-state index in [4.69, 9.17) is 9.47 Å². The van der Waals surface area contributed by atoms with Gasteiger partial charge in [0.1, 0.15) is 11.2 Å². The average Bonchev–Trinajstić information content (AvgIpc) is 3.81. The quantitative estimate of drug-likeness (QED) is 0.244. The molecule has 56 heavy (non-hydrogen) atoms. The van der Waals surface area contributed by atoms with Gasteiger partial charge in [-0.05, 0) is 93.3 Å². The first-order valence-electron chi connectivity index (χ1n) is 21.0. The van der Waals surface area contributed by atoms with Crippen molar-refractivity contribution in [1.29, 1.82) is 0 Å². The van der Waals surface area contributed by atoms with Gasteiger partial charge < -0.3 is 19.3 Å². The van der Waals surface area contributed by atoms with Crippen molar-refractivity contribution in [3.8, 4) is 0 Å². The highest BCUT2D eigenvalue weighted by molar-refractivity contribution is 8.14. The van der Waals surface area contributed by atoms with E-state index in [0.717, 1.165) is 57.8 Å². The van der Waals surface area contributed by atoms with Crippen LogP contribution in [0.15, 0.2) is 58.7 Å². The van der Waals surface area contributed by atoms with Crippen molar-refractivity contribution < 1.29 is 33.4 Å². The Morgan fingerprint density at radius 3 is 1.89 bits per heavy atom. The normalized spacial score (nSPS) is 45.6. The summed E-state index contributed by atoms with van der Waals surface area (Å²) < 4.78 is 12.1. The zero-order valence-corrected chi connectivity index (χ0v) is 35.0. The second-order valence-corrected chi connectivity index (χ2v) is 21.3. The number of hydrogen-bond acceptors (Lipinski definition) is 8. The van der Waals surface area contributed by atoms with Gasteiger partial charge in [0.2, 0.25) is 0 Å². The third-order valence-corrected chi connectivity index (χ3v) is 18.4. The summed E-state index contributed by atoms with van der Waals surface area (Å²) in [7, 11) is 3.67. The van der Waals surface area contributed by atoms with E-state index >= 15 is 0 Å². The Morgan fingerprint density at radius 1 is 0.750 bits per heavy atom. The van der Waals surface area contributed by atoms with Gasteiger partial charge in [-0.2, -0.15) is 0 Å². The fraction of sp³-hybridized carbons (Fsp3) is 0.674. The molecule has 10 rings (SSSR count). The van der Waals surface area contributed by atoms with Crippen LogP contribution >= 0.6 is 11.8 Å². The Labute approximate surface area is 335 Å². The predicted molar refractivity (Wildman–Crippen MR) is 214 cm³/mol. The maximum Gasteiger partial charge on any atom is 0.410 e. The molecule has 4 unspecified atom stereocenters. The molecule has 0 N–H and O–H groups in total. The summed E-state index contributed by atoms with van der Waals surface area (Å²) in [6.45, 7) is 12.2. The van der Waals surface area contributed by atoms with Crippen LogP contribution in [0.5, 0.6) is 0 Å². The molecule has 2 spiro atoms. The Kier molecular flexibility index (Phi) is 8.55. The number of thioether (sulfide) groups is 1. The van der Waals surface area contributed by atoms with Crippen molar-refractivity contribution >= 4 is 40.6 Å². The van der Waals surface area contributed by atoms with Crippen molar-refractivity contribution in [2.24, 2.45) is 45.3 Å². The van der Waals surface area contributed by atoms with Gasteiger partial charge in [0.15, 0.2) is 16.7 Å². The smallest absolute Gasteiger partial charge is 0.410 e. The molecule has 10 aliphatic rings. The van der Waals surface area contributed by atoms with E-state index in [2.05, 4.69) is 52.0 Å². The number of carbonyl (C=O) groups is 5. The molecule has 2 amide bonds. The Morgan fingerprint density at radius 2 is 1.30 bits per heavy atom. The highest BCUT2D eigenvalue weighted by Crippen LogP contribution is 2.69.